The van der Waals surface area contributed by atoms with Crippen molar-refractivity contribution in [2.45, 2.75) is 19.3 Å². The van der Waals surface area contributed by atoms with Gasteiger partial charge >= 0.3 is 0 Å². The largest absolute Gasteiger partial charge is 0.492 e. The molecule has 0 aromatic heterocycles. The Bertz CT molecular complexity index is 398. The summed E-state index contributed by atoms with van der Waals surface area (Å²) in [7, 11) is 1.56. The smallest absolute Gasteiger partial charge is 0.220 e. The molecule has 2 heteroatoms. The molecule has 0 heterocycles. The monoisotopic (exact) mass is 190 g/mol. The maximum absolute atomic E-state index is 11.6. The highest BCUT2D eigenvalue weighted by molar-refractivity contribution is 5.38. The van der Waals surface area contributed by atoms with Gasteiger partial charge < -0.3 is 4.74 Å². The first-order valence-corrected chi connectivity index (χ1v) is 4.91. The maximum Gasteiger partial charge on any atom is 0.220 e. The molecule has 0 saturated heterocycles. The van der Waals surface area contributed by atoms with Gasteiger partial charge in [-0.05, 0) is 24.3 Å². The summed E-state index contributed by atoms with van der Waals surface area (Å²) >= 11 is 0. The summed E-state index contributed by atoms with van der Waals surface area (Å²) in [6.45, 7) is 2.20. The minimum atomic E-state index is -0.0217. The van der Waals surface area contributed by atoms with Gasteiger partial charge in [-0.1, -0.05) is 25.1 Å². The summed E-state index contributed by atoms with van der Waals surface area (Å²) < 4.78 is 5.17. The molecule has 1 aliphatic rings. The molecule has 1 unspecified atom stereocenters. The van der Waals surface area contributed by atoms with Gasteiger partial charge in [-0.3, -0.25) is 4.79 Å². The van der Waals surface area contributed by atoms with Crippen molar-refractivity contribution in [1.82, 2.24) is 0 Å². The van der Waals surface area contributed by atoms with E-state index in [4.69, 9.17) is 4.74 Å². The molecule has 1 aromatic carbocycles. The number of methoxy groups -OCH3 is 1. The minimum absolute atomic E-state index is 0.0217. The summed E-state index contributed by atoms with van der Waals surface area (Å²) in [6.07, 6.45) is 1.17. The molecule has 74 valence electrons. The summed E-state index contributed by atoms with van der Waals surface area (Å²) in [4.78, 5) is 11.6. The maximum atomic E-state index is 11.6. The van der Waals surface area contributed by atoms with Crippen LogP contribution in [0.3, 0.4) is 0 Å². The van der Waals surface area contributed by atoms with Crippen molar-refractivity contribution in [2.75, 3.05) is 7.11 Å². The lowest BCUT2D eigenvalue weighted by Gasteiger charge is -2.02. The van der Waals surface area contributed by atoms with Crippen molar-refractivity contribution in [1.29, 1.82) is 0 Å². The molecular weight excluding hydrogens is 176 g/mol. The van der Waals surface area contributed by atoms with Gasteiger partial charge in [-0.15, -0.1) is 0 Å². The van der Waals surface area contributed by atoms with Crippen LogP contribution in [-0.2, 0) is 0 Å². The second-order valence-electron chi connectivity index (χ2n) is 3.89. The molecule has 2 rings (SSSR count). The summed E-state index contributed by atoms with van der Waals surface area (Å²) in [5.41, 5.74) is 1.04. The van der Waals surface area contributed by atoms with Crippen LogP contribution in [0.1, 0.15) is 24.8 Å². The van der Waals surface area contributed by atoms with Crippen molar-refractivity contribution in [3.05, 3.63) is 40.1 Å². The average molecular weight is 190 g/mol. The number of hydrogen-bond donors (Lipinski definition) is 0. The molecule has 14 heavy (non-hydrogen) atoms. The predicted octanol–water partition coefficient (Wildman–Crippen LogP) is 2.18. The van der Waals surface area contributed by atoms with E-state index in [1.165, 1.54) is 6.42 Å². The summed E-state index contributed by atoms with van der Waals surface area (Å²) in [5, 5.41) is 0. The molecule has 1 aliphatic carbocycles. The second-order valence-corrected chi connectivity index (χ2v) is 3.89. The standard InChI is InChI=1S/C12H14O2/c1-8-7-10(8)9-5-3-4-6-11(13)12(9)14-2/h3-6,8,10H,7H2,1-2H3/t8-,10?/m0/s1. The van der Waals surface area contributed by atoms with E-state index in [1.54, 1.807) is 19.2 Å². The van der Waals surface area contributed by atoms with E-state index >= 15 is 0 Å². The van der Waals surface area contributed by atoms with Crippen LogP contribution in [-0.4, -0.2) is 7.11 Å². The first kappa shape index (κ1) is 9.25. The van der Waals surface area contributed by atoms with Gasteiger partial charge in [-0.25, -0.2) is 0 Å². The molecule has 0 aliphatic heterocycles. The highest BCUT2D eigenvalue weighted by Gasteiger charge is 2.36. The van der Waals surface area contributed by atoms with Crippen molar-refractivity contribution >= 4 is 0 Å². The fourth-order valence-corrected chi connectivity index (χ4v) is 1.86. The van der Waals surface area contributed by atoms with Crippen molar-refractivity contribution in [3.63, 3.8) is 0 Å². The van der Waals surface area contributed by atoms with E-state index in [0.717, 1.165) is 5.56 Å². The van der Waals surface area contributed by atoms with Gasteiger partial charge in [0, 0.05) is 5.56 Å². The Kier molecular flexibility index (Phi) is 2.28. The third kappa shape index (κ3) is 1.52. The highest BCUT2D eigenvalue weighted by atomic mass is 16.5. The lowest BCUT2D eigenvalue weighted by Crippen LogP contribution is -2.03. The quantitative estimate of drug-likeness (QED) is 0.714. The van der Waals surface area contributed by atoms with Crippen molar-refractivity contribution in [3.8, 4) is 5.75 Å². The Morgan fingerprint density at radius 1 is 1.36 bits per heavy atom. The van der Waals surface area contributed by atoms with Gasteiger partial charge in [0.25, 0.3) is 0 Å². The fraction of sp³-hybridized carbons (Fsp3) is 0.417. The van der Waals surface area contributed by atoms with E-state index in [2.05, 4.69) is 6.92 Å². The third-order valence-electron chi connectivity index (χ3n) is 2.83. The predicted molar refractivity (Wildman–Crippen MR) is 55.8 cm³/mol. The zero-order valence-electron chi connectivity index (χ0n) is 8.49. The Morgan fingerprint density at radius 2 is 2.00 bits per heavy atom. The molecule has 1 fully saturated rings. The number of ether oxygens (including phenoxy) is 1. The second kappa shape index (κ2) is 3.45. The molecule has 1 saturated carbocycles. The average Bonchev–Trinajstić information content (AvgIpc) is 2.89. The summed E-state index contributed by atoms with van der Waals surface area (Å²) in [5.74, 6) is 1.72. The molecule has 0 N–H and O–H groups in total. The summed E-state index contributed by atoms with van der Waals surface area (Å²) in [6, 6.07) is 7.22. The van der Waals surface area contributed by atoms with E-state index in [0.29, 0.717) is 17.6 Å². The van der Waals surface area contributed by atoms with Crippen LogP contribution in [0, 0.1) is 5.92 Å². The van der Waals surface area contributed by atoms with Crippen LogP contribution in [0.25, 0.3) is 0 Å². The molecule has 0 bridgehead atoms. The van der Waals surface area contributed by atoms with Crippen LogP contribution >= 0.6 is 0 Å². The molecule has 2 nitrogen and oxygen atoms in total. The lowest BCUT2D eigenvalue weighted by atomic mass is 10.1. The molecule has 2 atom stereocenters. The van der Waals surface area contributed by atoms with Crippen molar-refractivity contribution < 1.29 is 4.74 Å². The fourth-order valence-electron chi connectivity index (χ4n) is 1.86. The highest BCUT2D eigenvalue weighted by Crippen LogP contribution is 2.48. The zero-order chi connectivity index (χ0) is 10.1. The van der Waals surface area contributed by atoms with Crippen LogP contribution in [0.4, 0.5) is 0 Å². The van der Waals surface area contributed by atoms with Crippen LogP contribution in [0.5, 0.6) is 5.75 Å². The number of rotatable bonds is 2. The van der Waals surface area contributed by atoms with E-state index in [1.807, 2.05) is 12.1 Å². The van der Waals surface area contributed by atoms with E-state index < -0.39 is 0 Å². The number of hydrogen-bond acceptors (Lipinski definition) is 2. The zero-order valence-corrected chi connectivity index (χ0v) is 8.49. The molecule has 0 amide bonds. The van der Waals surface area contributed by atoms with Gasteiger partial charge in [0.1, 0.15) is 0 Å². The van der Waals surface area contributed by atoms with Crippen LogP contribution in [0.15, 0.2) is 29.1 Å². The molecule has 0 radical (unpaired) electrons. The SMILES string of the molecule is COc1c(C2C[C@@H]2C)ccccc1=O. The molecule has 0 spiro atoms. The Balaban J connectivity index is 2.54. The Morgan fingerprint density at radius 3 is 2.57 bits per heavy atom. The minimum Gasteiger partial charge on any atom is -0.492 e. The first-order valence-electron chi connectivity index (χ1n) is 4.91. The van der Waals surface area contributed by atoms with Crippen LogP contribution in [0.2, 0.25) is 0 Å². The third-order valence-corrected chi connectivity index (χ3v) is 2.83. The van der Waals surface area contributed by atoms with Gasteiger partial charge in [0.2, 0.25) is 5.43 Å². The van der Waals surface area contributed by atoms with Gasteiger partial charge in [0.05, 0.1) is 7.11 Å². The normalized spacial score (nSPS) is 24.4. The van der Waals surface area contributed by atoms with E-state index in [-0.39, 0.29) is 5.43 Å². The van der Waals surface area contributed by atoms with Gasteiger partial charge in [0.15, 0.2) is 5.75 Å². The van der Waals surface area contributed by atoms with Gasteiger partial charge in [-0.2, -0.15) is 0 Å². The Labute approximate surface area is 83.5 Å². The topological polar surface area (TPSA) is 26.3 Å². The first-order chi connectivity index (χ1) is 6.74. The Hall–Kier alpha value is -1.31. The van der Waals surface area contributed by atoms with Crippen molar-refractivity contribution in [2.24, 2.45) is 5.92 Å². The molecule has 1 aromatic rings. The van der Waals surface area contributed by atoms with Crippen LogP contribution < -0.4 is 10.2 Å². The van der Waals surface area contributed by atoms with E-state index in [9.17, 15) is 4.79 Å². The molecular formula is C12H14O2. The lowest BCUT2D eigenvalue weighted by molar-refractivity contribution is 0.406.